The van der Waals surface area contributed by atoms with Gasteiger partial charge in [0.25, 0.3) is 5.91 Å². The first-order valence-corrected chi connectivity index (χ1v) is 10.4. The molecular weight excluding hydrogens is 463 g/mol. The van der Waals surface area contributed by atoms with Crippen LogP contribution >= 0.6 is 24.0 Å². The lowest BCUT2D eigenvalue weighted by atomic mass is 9.81. The van der Waals surface area contributed by atoms with Crippen molar-refractivity contribution < 1.29 is 4.79 Å². The fourth-order valence-corrected chi connectivity index (χ4v) is 3.61. The number of rotatable bonds is 7. The molecule has 6 heteroatoms. The summed E-state index contributed by atoms with van der Waals surface area (Å²) in [7, 11) is 3.53. The number of benzene rings is 1. The zero-order chi connectivity index (χ0) is 19.6. The molecule has 0 bridgehead atoms. The van der Waals surface area contributed by atoms with Crippen molar-refractivity contribution in [2.24, 2.45) is 16.8 Å². The van der Waals surface area contributed by atoms with Crippen molar-refractivity contribution in [1.82, 2.24) is 15.5 Å². The molecule has 1 saturated carbocycles. The standard InChI is InChI=1S/C22H36N4O.HI/c1-5-17-7-9-18(10-8-17)15-24-22(23-6-2)25-16-19-11-13-20(14-12-19)21(27)26(3)4;/h11-14,17-18H,5-10,15-16H2,1-4H3,(H2,23,24,25);1H. The van der Waals surface area contributed by atoms with Crippen LogP contribution in [0.1, 0.15) is 61.9 Å². The average Bonchev–Trinajstić information content (AvgIpc) is 2.70. The maximum atomic E-state index is 12.0. The highest BCUT2D eigenvalue weighted by Crippen LogP contribution is 2.30. The number of nitrogens with zero attached hydrogens (tertiary/aromatic N) is 2. The zero-order valence-corrected chi connectivity index (χ0v) is 20.2. The molecule has 1 aromatic rings. The summed E-state index contributed by atoms with van der Waals surface area (Å²) in [5, 5.41) is 6.85. The molecule has 0 atom stereocenters. The normalized spacial score (nSPS) is 19.5. The summed E-state index contributed by atoms with van der Waals surface area (Å²) in [5.74, 6) is 2.60. The van der Waals surface area contributed by atoms with Gasteiger partial charge in [-0.25, -0.2) is 4.99 Å². The maximum absolute atomic E-state index is 12.0. The van der Waals surface area contributed by atoms with Gasteiger partial charge in [0.1, 0.15) is 0 Å². The molecule has 0 saturated heterocycles. The molecule has 0 aromatic heterocycles. The first-order chi connectivity index (χ1) is 13.0. The van der Waals surface area contributed by atoms with Crippen molar-refractivity contribution in [3.63, 3.8) is 0 Å². The van der Waals surface area contributed by atoms with Gasteiger partial charge < -0.3 is 15.5 Å². The number of halogens is 1. The molecule has 1 aromatic carbocycles. The monoisotopic (exact) mass is 500 g/mol. The van der Waals surface area contributed by atoms with Crippen molar-refractivity contribution in [3.8, 4) is 0 Å². The third-order valence-electron chi connectivity index (χ3n) is 5.47. The van der Waals surface area contributed by atoms with Crippen LogP contribution in [0.4, 0.5) is 0 Å². The fraction of sp³-hybridized carbons (Fsp3) is 0.636. The second-order valence-corrected chi connectivity index (χ2v) is 7.77. The first-order valence-electron chi connectivity index (χ1n) is 10.4. The number of carbonyl (C=O) groups excluding carboxylic acids is 1. The third-order valence-corrected chi connectivity index (χ3v) is 5.47. The van der Waals surface area contributed by atoms with Gasteiger partial charge in [0.2, 0.25) is 0 Å². The lowest BCUT2D eigenvalue weighted by Gasteiger charge is -2.28. The molecule has 1 aliphatic carbocycles. The van der Waals surface area contributed by atoms with Crippen LogP contribution in [0.15, 0.2) is 29.3 Å². The van der Waals surface area contributed by atoms with Crippen molar-refractivity contribution in [2.75, 3.05) is 27.2 Å². The lowest BCUT2D eigenvalue weighted by Crippen LogP contribution is -2.40. The minimum Gasteiger partial charge on any atom is -0.357 e. The van der Waals surface area contributed by atoms with Crippen LogP contribution in [-0.2, 0) is 6.54 Å². The van der Waals surface area contributed by atoms with Crippen LogP contribution < -0.4 is 10.6 Å². The van der Waals surface area contributed by atoms with E-state index in [4.69, 9.17) is 4.99 Å². The smallest absolute Gasteiger partial charge is 0.253 e. The number of nitrogens with one attached hydrogen (secondary N) is 2. The molecule has 1 amide bonds. The van der Waals surface area contributed by atoms with Crippen LogP contribution in [0.25, 0.3) is 0 Å². The highest BCUT2D eigenvalue weighted by Gasteiger charge is 2.19. The number of amides is 1. The molecule has 1 fully saturated rings. The van der Waals surface area contributed by atoms with Gasteiger partial charge in [-0.15, -0.1) is 24.0 Å². The summed E-state index contributed by atoms with van der Waals surface area (Å²) < 4.78 is 0. The Morgan fingerprint density at radius 2 is 1.64 bits per heavy atom. The molecule has 2 N–H and O–H groups in total. The van der Waals surface area contributed by atoms with E-state index in [1.165, 1.54) is 32.1 Å². The molecule has 0 spiro atoms. The summed E-state index contributed by atoms with van der Waals surface area (Å²) in [6, 6.07) is 7.71. The van der Waals surface area contributed by atoms with Crippen molar-refractivity contribution in [3.05, 3.63) is 35.4 Å². The molecule has 158 valence electrons. The van der Waals surface area contributed by atoms with Crippen molar-refractivity contribution in [1.29, 1.82) is 0 Å². The van der Waals surface area contributed by atoms with Gasteiger partial charge in [-0.05, 0) is 49.3 Å². The van der Waals surface area contributed by atoms with Crippen LogP contribution in [0.3, 0.4) is 0 Å². The van der Waals surface area contributed by atoms with E-state index >= 15 is 0 Å². The van der Waals surface area contributed by atoms with E-state index in [2.05, 4.69) is 24.5 Å². The van der Waals surface area contributed by atoms with Crippen LogP contribution in [-0.4, -0.2) is 44.0 Å². The molecule has 0 radical (unpaired) electrons. The minimum absolute atomic E-state index is 0. The number of guanidine groups is 1. The number of hydrogen-bond donors (Lipinski definition) is 2. The Morgan fingerprint density at radius 1 is 1.04 bits per heavy atom. The second kappa shape index (κ2) is 13.0. The number of carbonyl (C=O) groups is 1. The largest absolute Gasteiger partial charge is 0.357 e. The fourth-order valence-electron chi connectivity index (χ4n) is 3.61. The topological polar surface area (TPSA) is 56.7 Å². The summed E-state index contributed by atoms with van der Waals surface area (Å²) in [6.45, 7) is 6.85. The van der Waals surface area contributed by atoms with Crippen LogP contribution in [0, 0.1) is 11.8 Å². The summed E-state index contributed by atoms with van der Waals surface area (Å²) in [5.41, 5.74) is 1.81. The molecule has 0 unspecified atom stereocenters. The molecule has 0 heterocycles. The van der Waals surface area contributed by atoms with Gasteiger partial charge in [0, 0.05) is 32.7 Å². The first kappa shape index (κ1) is 24.7. The quantitative estimate of drug-likeness (QED) is 0.334. The van der Waals surface area contributed by atoms with Crippen molar-refractivity contribution in [2.45, 2.75) is 52.5 Å². The Hall–Kier alpha value is -1.31. The third kappa shape index (κ3) is 7.97. The van der Waals surface area contributed by atoms with E-state index in [9.17, 15) is 4.79 Å². The Kier molecular flexibility index (Phi) is 11.5. The van der Waals surface area contributed by atoms with Gasteiger partial charge in [0.15, 0.2) is 5.96 Å². The Labute approximate surface area is 187 Å². The lowest BCUT2D eigenvalue weighted by molar-refractivity contribution is 0.0827. The predicted molar refractivity (Wildman–Crippen MR) is 128 cm³/mol. The Morgan fingerprint density at radius 3 is 2.18 bits per heavy atom. The van der Waals surface area contributed by atoms with Crippen LogP contribution in [0.2, 0.25) is 0 Å². The molecule has 2 rings (SSSR count). The summed E-state index contributed by atoms with van der Waals surface area (Å²) >= 11 is 0. The predicted octanol–water partition coefficient (Wildman–Crippen LogP) is 4.28. The number of hydrogen-bond acceptors (Lipinski definition) is 2. The van der Waals surface area contributed by atoms with Gasteiger partial charge in [0.05, 0.1) is 6.54 Å². The van der Waals surface area contributed by atoms with Gasteiger partial charge in [-0.3, -0.25) is 4.79 Å². The summed E-state index contributed by atoms with van der Waals surface area (Å²) in [4.78, 5) is 18.3. The van der Waals surface area contributed by atoms with Gasteiger partial charge >= 0.3 is 0 Å². The highest BCUT2D eigenvalue weighted by molar-refractivity contribution is 14.0. The van der Waals surface area contributed by atoms with E-state index < -0.39 is 0 Å². The summed E-state index contributed by atoms with van der Waals surface area (Å²) in [6.07, 6.45) is 6.71. The zero-order valence-electron chi connectivity index (χ0n) is 17.8. The average molecular weight is 500 g/mol. The number of aliphatic imine (C=N–C) groups is 1. The van der Waals surface area contributed by atoms with E-state index in [1.807, 2.05) is 24.3 Å². The maximum Gasteiger partial charge on any atom is 0.253 e. The van der Waals surface area contributed by atoms with Crippen molar-refractivity contribution >= 4 is 35.8 Å². The van der Waals surface area contributed by atoms with Gasteiger partial charge in [-0.2, -0.15) is 0 Å². The Bertz CT molecular complexity index is 607. The Balaban J connectivity index is 0.00000392. The second-order valence-electron chi connectivity index (χ2n) is 7.77. The van der Waals surface area contributed by atoms with E-state index in [0.29, 0.717) is 12.1 Å². The van der Waals surface area contributed by atoms with Crippen LogP contribution in [0.5, 0.6) is 0 Å². The highest BCUT2D eigenvalue weighted by atomic mass is 127. The van der Waals surface area contributed by atoms with Gasteiger partial charge in [-0.1, -0.05) is 38.3 Å². The SMILES string of the molecule is CCNC(=NCc1ccc(C(=O)N(C)C)cc1)NCC1CCC(CC)CC1.I. The molecule has 0 aliphatic heterocycles. The molecule has 1 aliphatic rings. The molecular formula is C22H37IN4O. The molecule has 5 nitrogen and oxygen atoms in total. The van der Waals surface area contributed by atoms with E-state index in [0.717, 1.165) is 36.4 Å². The molecule has 28 heavy (non-hydrogen) atoms. The van der Waals surface area contributed by atoms with E-state index in [1.54, 1.807) is 19.0 Å². The van der Waals surface area contributed by atoms with E-state index in [-0.39, 0.29) is 29.9 Å². The minimum atomic E-state index is 0.